The molecule has 0 saturated heterocycles. The number of rotatable bonds is 4. The molecule has 0 atom stereocenters. The molecule has 0 spiro atoms. The highest BCUT2D eigenvalue weighted by Gasteiger charge is 2.13. The Morgan fingerprint density at radius 3 is 2.59 bits per heavy atom. The first-order valence-corrected chi connectivity index (χ1v) is 9.60. The molecule has 2 amide bonds. The van der Waals surface area contributed by atoms with E-state index < -0.39 is 11.8 Å². The molecular formula is C20H17FN6OS. The molecule has 0 bridgehead atoms. The molecule has 4 aromatic rings. The van der Waals surface area contributed by atoms with E-state index in [1.807, 2.05) is 26.0 Å². The highest BCUT2D eigenvalue weighted by atomic mass is 32.2. The van der Waals surface area contributed by atoms with Crippen molar-refractivity contribution in [2.75, 3.05) is 10.6 Å². The van der Waals surface area contributed by atoms with Crippen LogP contribution in [0.3, 0.4) is 0 Å². The van der Waals surface area contributed by atoms with Crippen molar-refractivity contribution in [3.8, 4) is 0 Å². The number of fused-ring (bicyclic) bond motifs is 1. The fourth-order valence-electron chi connectivity index (χ4n) is 2.69. The molecule has 9 heteroatoms. The first kappa shape index (κ1) is 18.9. The molecule has 4 rings (SSSR count). The molecule has 2 aromatic carbocycles. The van der Waals surface area contributed by atoms with Gasteiger partial charge in [0, 0.05) is 21.8 Å². The molecule has 2 heterocycles. The van der Waals surface area contributed by atoms with Gasteiger partial charge in [-0.15, -0.1) is 0 Å². The number of carbonyl (C=O) groups excluding carboxylic acids is 1. The molecule has 2 aromatic heterocycles. The summed E-state index contributed by atoms with van der Waals surface area (Å²) in [6.45, 7) is 3.93. The summed E-state index contributed by atoms with van der Waals surface area (Å²) in [5, 5.41) is 10.4. The summed E-state index contributed by atoms with van der Waals surface area (Å²) >= 11 is 1.54. The summed E-state index contributed by atoms with van der Waals surface area (Å²) in [5.41, 5.74) is 2.64. The lowest BCUT2D eigenvalue weighted by Crippen LogP contribution is -2.20. The largest absolute Gasteiger partial charge is 0.323 e. The highest BCUT2D eigenvalue weighted by molar-refractivity contribution is 7.99. The van der Waals surface area contributed by atoms with Gasteiger partial charge in [0.25, 0.3) is 5.78 Å². The maximum Gasteiger partial charge on any atom is 0.323 e. The van der Waals surface area contributed by atoms with Crippen molar-refractivity contribution in [1.82, 2.24) is 19.6 Å². The molecule has 2 N–H and O–H groups in total. The van der Waals surface area contributed by atoms with Gasteiger partial charge < -0.3 is 10.6 Å². The van der Waals surface area contributed by atoms with E-state index in [9.17, 15) is 9.18 Å². The van der Waals surface area contributed by atoms with E-state index in [2.05, 4.69) is 25.7 Å². The molecule has 0 fully saturated rings. The summed E-state index contributed by atoms with van der Waals surface area (Å²) in [4.78, 5) is 21.6. The van der Waals surface area contributed by atoms with Gasteiger partial charge in [-0.3, -0.25) is 0 Å². The summed E-state index contributed by atoms with van der Waals surface area (Å²) in [6.07, 6.45) is 1.48. The molecule has 146 valence electrons. The Bertz CT molecular complexity index is 1190. The predicted octanol–water partition coefficient (Wildman–Crippen LogP) is 4.68. The van der Waals surface area contributed by atoms with Gasteiger partial charge in [0.05, 0.1) is 5.69 Å². The van der Waals surface area contributed by atoms with Crippen LogP contribution in [-0.2, 0) is 0 Å². The molecule has 0 radical (unpaired) electrons. The first-order chi connectivity index (χ1) is 14.0. The zero-order valence-electron chi connectivity index (χ0n) is 15.7. The Morgan fingerprint density at radius 1 is 1.07 bits per heavy atom. The van der Waals surface area contributed by atoms with Crippen molar-refractivity contribution >= 4 is 34.9 Å². The third-order valence-electron chi connectivity index (χ3n) is 4.30. The number of anilines is 2. The van der Waals surface area contributed by atoms with Crippen LogP contribution in [0.5, 0.6) is 0 Å². The lowest BCUT2D eigenvalue weighted by Gasteiger charge is -2.11. The zero-order chi connectivity index (χ0) is 20.4. The van der Waals surface area contributed by atoms with Gasteiger partial charge >= 0.3 is 6.03 Å². The number of carbonyl (C=O) groups is 1. The zero-order valence-corrected chi connectivity index (χ0v) is 16.5. The van der Waals surface area contributed by atoms with Gasteiger partial charge in [-0.2, -0.15) is 14.6 Å². The van der Waals surface area contributed by atoms with Gasteiger partial charge in [0.15, 0.2) is 0 Å². The summed E-state index contributed by atoms with van der Waals surface area (Å²) in [5.74, 6) is 0.0653. The van der Waals surface area contributed by atoms with E-state index in [1.165, 1.54) is 30.2 Å². The van der Waals surface area contributed by atoms with E-state index in [4.69, 9.17) is 0 Å². The minimum absolute atomic E-state index is 0.123. The van der Waals surface area contributed by atoms with Crippen molar-refractivity contribution in [1.29, 1.82) is 0 Å². The number of nitrogens with one attached hydrogen (secondary N) is 2. The van der Waals surface area contributed by atoms with E-state index in [0.29, 0.717) is 11.5 Å². The second-order valence-electron chi connectivity index (χ2n) is 6.28. The number of halogens is 1. The first-order valence-electron chi connectivity index (χ1n) is 8.78. The second-order valence-corrected chi connectivity index (χ2v) is 7.35. The third kappa shape index (κ3) is 4.04. The van der Waals surface area contributed by atoms with Gasteiger partial charge in [-0.05, 0) is 50.2 Å². The van der Waals surface area contributed by atoms with Crippen LogP contribution in [0.15, 0.2) is 64.8 Å². The minimum atomic E-state index is -0.513. The summed E-state index contributed by atoms with van der Waals surface area (Å²) < 4.78 is 15.3. The number of hydrogen-bond donors (Lipinski definition) is 2. The quantitative estimate of drug-likeness (QED) is 0.479. The monoisotopic (exact) mass is 408 g/mol. The summed E-state index contributed by atoms with van der Waals surface area (Å²) in [7, 11) is 0. The van der Waals surface area contributed by atoms with Crippen molar-refractivity contribution < 1.29 is 9.18 Å². The molecule has 0 aliphatic carbocycles. The Kier molecular flexibility index (Phi) is 5.13. The van der Waals surface area contributed by atoms with Gasteiger partial charge in [-0.1, -0.05) is 23.9 Å². The van der Waals surface area contributed by atoms with Gasteiger partial charge in [0.1, 0.15) is 17.2 Å². The molecule has 0 aliphatic rings. The van der Waals surface area contributed by atoms with Crippen LogP contribution in [0.4, 0.5) is 20.6 Å². The van der Waals surface area contributed by atoms with Crippen LogP contribution >= 0.6 is 11.8 Å². The fourth-order valence-corrected chi connectivity index (χ4v) is 3.70. The van der Waals surface area contributed by atoms with Crippen LogP contribution in [0.1, 0.15) is 11.3 Å². The number of benzene rings is 2. The van der Waals surface area contributed by atoms with Crippen LogP contribution in [0.25, 0.3) is 5.78 Å². The van der Waals surface area contributed by atoms with E-state index >= 15 is 0 Å². The maximum absolute atomic E-state index is 13.6. The molecule has 0 unspecified atom stereocenters. The van der Waals surface area contributed by atoms with E-state index in [0.717, 1.165) is 21.2 Å². The van der Waals surface area contributed by atoms with Gasteiger partial charge in [0.2, 0.25) is 0 Å². The minimum Gasteiger partial charge on any atom is -0.308 e. The Labute approximate surface area is 170 Å². The number of nitrogens with zero attached hydrogens (tertiary/aromatic N) is 4. The van der Waals surface area contributed by atoms with Gasteiger partial charge in [-0.25, -0.2) is 14.2 Å². The number of amides is 2. The summed E-state index contributed by atoms with van der Waals surface area (Å²) in [6, 6.07) is 12.8. The Balaban J connectivity index is 1.48. The number of aryl methyl sites for hydroxylation is 1. The van der Waals surface area contributed by atoms with Crippen LogP contribution in [-0.4, -0.2) is 25.6 Å². The second kappa shape index (κ2) is 7.88. The standard InChI is InChI=1S/C20H17FN6OS/c1-12-13(2)24-19-22-11-23-27(19)18(12)29-15-9-7-14(8-10-15)25-20(28)26-17-6-4-3-5-16(17)21/h3-11H,1-2H3,(H2,25,26,28). The van der Waals surface area contributed by atoms with Crippen molar-refractivity contribution in [2.45, 2.75) is 23.8 Å². The normalized spacial score (nSPS) is 10.9. The number of aromatic nitrogens is 4. The number of hydrogen-bond acceptors (Lipinski definition) is 5. The Hall–Kier alpha value is -3.46. The van der Waals surface area contributed by atoms with E-state index in [1.54, 1.807) is 28.8 Å². The molecule has 0 saturated carbocycles. The average molecular weight is 408 g/mol. The number of para-hydroxylation sites is 1. The fraction of sp³-hybridized carbons (Fsp3) is 0.100. The SMILES string of the molecule is Cc1nc2ncnn2c(Sc2ccc(NC(=O)Nc3ccccc3F)cc2)c1C. The third-order valence-corrected chi connectivity index (χ3v) is 5.48. The molecule has 0 aliphatic heterocycles. The lowest BCUT2D eigenvalue weighted by atomic mass is 10.3. The topological polar surface area (TPSA) is 84.2 Å². The predicted molar refractivity (Wildman–Crippen MR) is 110 cm³/mol. The Morgan fingerprint density at radius 2 is 1.83 bits per heavy atom. The average Bonchev–Trinajstić information content (AvgIpc) is 3.16. The highest BCUT2D eigenvalue weighted by Crippen LogP contribution is 2.31. The van der Waals surface area contributed by atoms with Crippen molar-refractivity contribution in [3.63, 3.8) is 0 Å². The van der Waals surface area contributed by atoms with E-state index in [-0.39, 0.29) is 5.69 Å². The van der Waals surface area contributed by atoms with Crippen LogP contribution in [0.2, 0.25) is 0 Å². The van der Waals surface area contributed by atoms with Crippen LogP contribution in [0, 0.1) is 19.7 Å². The van der Waals surface area contributed by atoms with Crippen molar-refractivity contribution in [3.05, 3.63) is 71.9 Å². The molecule has 29 heavy (non-hydrogen) atoms. The maximum atomic E-state index is 13.6. The number of urea groups is 1. The van der Waals surface area contributed by atoms with Crippen molar-refractivity contribution in [2.24, 2.45) is 0 Å². The van der Waals surface area contributed by atoms with Crippen LogP contribution < -0.4 is 10.6 Å². The molecular weight excluding hydrogens is 391 g/mol. The lowest BCUT2D eigenvalue weighted by molar-refractivity contribution is 0.262. The smallest absolute Gasteiger partial charge is 0.308 e. The molecule has 7 nitrogen and oxygen atoms in total.